The molecule has 2 aromatic rings. The van der Waals surface area contributed by atoms with Gasteiger partial charge in [0.1, 0.15) is 11.5 Å². The number of hydrogen-bond acceptors (Lipinski definition) is 4. The van der Waals surface area contributed by atoms with E-state index in [0.717, 1.165) is 19.3 Å². The van der Waals surface area contributed by atoms with Crippen LogP contribution in [0.5, 0.6) is 11.5 Å². The molecule has 1 aromatic heterocycles. The molecule has 30 heavy (non-hydrogen) atoms. The summed E-state index contributed by atoms with van der Waals surface area (Å²) in [6.07, 6.45) is 1.56. The fourth-order valence-corrected chi connectivity index (χ4v) is 3.21. The van der Waals surface area contributed by atoms with E-state index in [1.165, 1.54) is 0 Å². The number of aromatic nitrogens is 1. The number of nitrogens with one attached hydrogen (secondary N) is 1. The smallest absolute Gasteiger partial charge is 0.404 e. The van der Waals surface area contributed by atoms with Gasteiger partial charge in [-0.25, -0.2) is 4.79 Å². The molecule has 0 atom stereocenters. The average Bonchev–Trinajstić information content (AvgIpc) is 2.67. The Hall–Kier alpha value is -2.70. The Kier molecular flexibility index (Phi) is 8.15. The van der Waals surface area contributed by atoms with Crippen LogP contribution in [0, 0.1) is 5.41 Å². The summed E-state index contributed by atoms with van der Waals surface area (Å²) >= 11 is 0. The van der Waals surface area contributed by atoms with E-state index >= 15 is 0 Å². The molecule has 7 nitrogen and oxygen atoms in total. The topological polar surface area (TPSA) is 89.8 Å². The zero-order valence-corrected chi connectivity index (χ0v) is 18.7. The van der Waals surface area contributed by atoms with Crippen LogP contribution in [0.1, 0.15) is 59.6 Å². The predicted molar refractivity (Wildman–Crippen MR) is 119 cm³/mol. The summed E-state index contributed by atoms with van der Waals surface area (Å²) in [7, 11) is 0. The highest BCUT2D eigenvalue weighted by molar-refractivity contribution is 5.89. The highest BCUT2D eigenvalue weighted by atomic mass is 16.5. The zero-order chi connectivity index (χ0) is 22.3. The quantitative estimate of drug-likeness (QED) is 0.542. The molecule has 2 rings (SSSR count). The average molecular weight is 419 g/mol. The minimum atomic E-state index is -1.15. The van der Waals surface area contributed by atoms with Crippen LogP contribution >= 0.6 is 0 Å². The molecular weight excluding hydrogens is 384 g/mol. The van der Waals surface area contributed by atoms with Crippen LogP contribution in [0.25, 0.3) is 10.8 Å². The number of hydrogen-bond donors (Lipinski definition) is 2. The second-order valence-electron chi connectivity index (χ2n) is 8.64. The number of fused-ring (bicyclic) bond motifs is 1. The normalized spacial score (nSPS) is 11.5. The fourth-order valence-electron chi connectivity index (χ4n) is 3.21. The Labute approximate surface area is 178 Å². The molecule has 1 amide bonds. The first-order valence-corrected chi connectivity index (χ1v) is 10.6. The highest BCUT2D eigenvalue weighted by Gasteiger charge is 2.22. The SMILES string of the molecule is CCCCOc1c(CNC(=O)O)n(CC(C)(C)C)c(=O)c2cc(OCCC)ccc12. The van der Waals surface area contributed by atoms with Crippen molar-refractivity contribution in [3.63, 3.8) is 0 Å². The third-order valence-electron chi connectivity index (χ3n) is 4.56. The lowest BCUT2D eigenvalue weighted by molar-refractivity contribution is 0.193. The molecule has 7 heteroatoms. The number of pyridine rings is 1. The van der Waals surface area contributed by atoms with Crippen molar-refractivity contribution in [2.45, 2.75) is 67.0 Å². The first-order valence-electron chi connectivity index (χ1n) is 10.6. The van der Waals surface area contributed by atoms with Gasteiger partial charge < -0.3 is 24.5 Å². The van der Waals surface area contributed by atoms with E-state index in [2.05, 4.69) is 12.2 Å². The largest absolute Gasteiger partial charge is 0.494 e. The van der Waals surface area contributed by atoms with Gasteiger partial charge in [0.05, 0.1) is 30.8 Å². The molecular formula is C23H34N2O5. The molecule has 0 unspecified atom stereocenters. The number of rotatable bonds is 10. The summed E-state index contributed by atoms with van der Waals surface area (Å²) in [4.78, 5) is 24.6. The second-order valence-corrected chi connectivity index (χ2v) is 8.64. The molecule has 1 heterocycles. The second kappa shape index (κ2) is 10.4. The Morgan fingerprint density at radius 3 is 2.43 bits per heavy atom. The molecule has 2 N–H and O–H groups in total. The molecule has 0 radical (unpaired) electrons. The Morgan fingerprint density at radius 2 is 1.83 bits per heavy atom. The van der Waals surface area contributed by atoms with Crippen molar-refractivity contribution in [1.29, 1.82) is 0 Å². The number of amides is 1. The molecule has 0 saturated carbocycles. The minimum Gasteiger partial charge on any atom is -0.494 e. The van der Waals surface area contributed by atoms with Crippen molar-refractivity contribution >= 4 is 16.9 Å². The van der Waals surface area contributed by atoms with Crippen LogP contribution in [-0.2, 0) is 13.1 Å². The zero-order valence-electron chi connectivity index (χ0n) is 18.7. The summed E-state index contributed by atoms with van der Waals surface area (Å²) in [5.41, 5.74) is 0.182. The molecule has 0 aliphatic heterocycles. The Balaban J connectivity index is 2.73. The van der Waals surface area contributed by atoms with E-state index in [1.54, 1.807) is 10.6 Å². The first-order chi connectivity index (χ1) is 14.2. The maximum atomic E-state index is 13.5. The van der Waals surface area contributed by atoms with Crippen LogP contribution < -0.4 is 20.3 Å². The van der Waals surface area contributed by atoms with Crippen molar-refractivity contribution < 1.29 is 19.4 Å². The molecule has 0 spiro atoms. The van der Waals surface area contributed by atoms with Gasteiger partial charge in [0, 0.05) is 11.9 Å². The maximum Gasteiger partial charge on any atom is 0.404 e. The molecule has 0 saturated heterocycles. The predicted octanol–water partition coefficient (Wildman–Crippen LogP) is 4.78. The first kappa shape index (κ1) is 23.6. The summed E-state index contributed by atoms with van der Waals surface area (Å²) in [5.74, 6) is 1.19. The van der Waals surface area contributed by atoms with Crippen molar-refractivity contribution in [3.05, 3.63) is 34.2 Å². The third-order valence-corrected chi connectivity index (χ3v) is 4.56. The third kappa shape index (κ3) is 6.15. The molecule has 0 aliphatic carbocycles. The van der Waals surface area contributed by atoms with Crippen molar-refractivity contribution in [3.8, 4) is 11.5 Å². The number of unbranched alkanes of at least 4 members (excludes halogenated alkanes) is 1. The number of carboxylic acid groups (broad SMARTS) is 1. The van der Waals surface area contributed by atoms with E-state index in [-0.39, 0.29) is 17.5 Å². The summed E-state index contributed by atoms with van der Waals surface area (Å²) in [6, 6.07) is 5.41. The van der Waals surface area contributed by atoms with Gasteiger partial charge in [-0.3, -0.25) is 4.79 Å². The van der Waals surface area contributed by atoms with Crippen LogP contribution in [0.4, 0.5) is 4.79 Å². The van der Waals surface area contributed by atoms with Gasteiger partial charge in [0.15, 0.2) is 0 Å². The van der Waals surface area contributed by atoms with Crippen LogP contribution in [0.3, 0.4) is 0 Å². The van der Waals surface area contributed by atoms with E-state index in [4.69, 9.17) is 14.6 Å². The monoisotopic (exact) mass is 418 g/mol. The van der Waals surface area contributed by atoms with Gasteiger partial charge >= 0.3 is 6.09 Å². The molecule has 0 aliphatic rings. The number of ether oxygens (including phenoxy) is 2. The standard InChI is InChI=1S/C23H34N2O5/c1-6-8-12-30-20-17-10-9-16(29-11-7-2)13-18(17)21(26)25(15-23(3,4)5)19(20)14-24-22(27)28/h9-10,13,24H,6-8,11-12,14-15H2,1-5H3,(H,27,28). The van der Waals surface area contributed by atoms with Crippen LogP contribution in [0.15, 0.2) is 23.0 Å². The van der Waals surface area contributed by atoms with Gasteiger partial charge in [-0.2, -0.15) is 0 Å². The summed E-state index contributed by atoms with van der Waals surface area (Å²) in [6.45, 7) is 11.7. The number of nitrogens with zero attached hydrogens (tertiary/aromatic N) is 1. The van der Waals surface area contributed by atoms with Gasteiger partial charge in [0.2, 0.25) is 0 Å². The fraction of sp³-hybridized carbons (Fsp3) is 0.565. The van der Waals surface area contributed by atoms with Crippen molar-refractivity contribution in [1.82, 2.24) is 9.88 Å². The minimum absolute atomic E-state index is 0.00780. The number of benzene rings is 1. The van der Waals surface area contributed by atoms with E-state index in [9.17, 15) is 9.59 Å². The maximum absolute atomic E-state index is 13.5. The van der Waals surface area contributed by atoms with Gasteiger partial charge in [-0.15, -0.1) is 0 Å². The Morgan fingerprint density at radius 1 is 1.10 bits per heavy atom. The summed E-state index contributed by atoms with van der Waals surface area (Å²) in [5, 5.41) is 12.7. The van der Waals surface area contributed by atoms with E-state index in [0.29, 0.717) is 47.7 Å². The lowest BCUT2D eigenvalue weighted by atomic mass is 9.96. The lowest BCUT2D eigenvalue weighted by Gasteiger charge is -2.25. The van der Waals surface area contributed by atoms with Gasteiger partial charge in [-0.05, 0) is 36.5 Å². The lowest BCUT2D eigenvalue weighted by Crippen LogP contribution is -2.33. The summed E-state index contributed by atoms with van der Waals surface area (Å²) < 4.78 is 13.5. The van der Waals surface area contributed by atoms with Crippen molar-refractivity contribution in [2.75, 3.05) is 13.2 Å². The van der Waals surface area contributed by atoms with E-state index < -0.39 is 6.09 Å². The molecule has 1 aromatic carbocycles. The van der Waals surface area contributed by atoms with Gasteiger partial charge in [-0.1, -0.05) is 41.0 Å². The van der Waals surface area contributed by atoms with Gasteiger partial charge in [0.25, 0.3) is 5.56 Å². The Bertz CT molecular complexity index is 928. The van der Waals surface area contributed by atoms with E-state index in [1.807, 2.05) is 39.8 Å². The molecule has 0 bridgehead atoms. The molecule has 0 fully saturated rings. The molecule has 166 valence electrons. The highest BCUT2D eigenvalue weighted by Crippen LogP contribution is 2.32. The van der Waals surface area contributed by atoms with Crippen LogP contribution in [-0.4, -0.2) is 29.0 Å². The van der Waals surface area contributed by atoms with Crippen LogP contribution in [0.2, 0.25) is 0 Å². The number of carbonyl (C=O) groups is 1. The van der Waals surface area contributed by atoms with Crippen molar-refractivity contribution in [2.24, 2.45) is 5.41 Å².